The van der Waals surface area contributed by atoms with Crippen LogP contribution < -0.4 is 5.32 Å². The highest BCUT2D eigenvalue weighted by molar-refractivity contribution is 5.85. The van der Waals surface area contributed by atoms with E-state index >= 15 is 0 Å². The summed E-state index contributed by atoms with van der Waals surface area (Å²) >= 11 is 0. The molecule has 26 heavy (non-hydrogen) atoms. The van der Waals surface area contributed by atoms with Gasteiger partial charge in [-0.1, -0.05) is 12.8 Å². The third-order valence-electron chi connectivity index (χ3n) is 7.00. The van der Waals surface area contributed by atoms with Gasteiger partial charge in [0.2, 0.25) is 5.91 Å². The first-order valence-corrected chi connectivity index (χ1v) is 10.0. The van der Waals surface area contributed by atoms with Gasteiger partial charge < -0.3 is 15.0 Å². The number of morpholine rings is 1. The molecule has 1 aliphatic carbocycles. The number of nitrogens with one attached hydrogen (secondary N) is 1. The number of hydrogen-bond donors (Lipinski definition) is 1. The van der Waals surface area contributed by atoms with Crippen molar-refractivity contribution in [3.63, 3.8) is 0 Å². The van der Waals surface area contributed by atoms with E-state index in [1.807, 2.05) is 0 Å². The lowest BCUT2D eigenvalue weighted by Gasteiger charge is -2.45. The van der Waals surface area contributed by atoms with Crippen LogP contribution in [-0.2, 0) is 9.53 Å². The molecule has 0 radical (unpaired) electrons. The van der Waals surface area contributed by atoms with Crippen molar-refractivity contribution in [2.75, 3.05) is 45.9 Å². The SMILES string of the molecule is CC1CN(C2CCN(C(=O)[C@@]34CCCC[C@H]3CNC4)CC2)CCO1.Cl.Cl. The Kier molecular flexibility index (Phi) is 8.05. The highest BCUT2D eigenvalue weighted by Gasteiger charge is 2.51. The average Bonchev–Trinajstić information content (AvgIpc) is 3.06. The maximum Gasteiger partial charge on any atom is 0.230 e. The van der Waals surface area contributed by atoms with Crippen LogP contribution in [0.15, 0.2) is 0 Å². The van der Waals surface area contributed by atoms with Gasteiger partial charge in [-0.3, -0.25) is 9.69 Å². The lowest BCUT2D eigenvalue weighted by Crippen LogP contribution is -2.55. The minimum Gasteiger partial charge on any atom is -0.376 e. The third-order valence-corrected chi connectivity index (χ3v) is 7.00. The average molecular weight is 408 g/mol. The van der Waals surface area contributed by atoms with E-state index in [1.165, 1.54) is 19.3 Å². The van der Waals surface area contributed by atoms with E-state index in [1.54, 1.807) is 0 Å². The molecule has 4 fully saturated rings. The molecule has 1 N–H and O–H groups in total. The monoisotopic (exact) mass is 407 g/mol. The number of amides is 1. The Bertz CT molecular complexity index is 474. The van der Waals surface area contributed by atoms with Gasteiger partial charge in [-0.05, 0) is 45.1 Å². The number of carbonyl (C=O) groups excluding carboxylic acids is 1. The Hall–Kier alpha value is -0.0700. The lowest BCUT2D eigenvalue weighted by atomic mass is 9.67. The predicted octanol–water partition coefficient (Wildman–Crippen LogP) is 2.32. The Labute approximate surface area is 170 Å². The van der Waals surface area contributed by atoms with Gasteiger partial charge in [0.25, 0.3) is 0 Å². The van der Waals surface area contributed by atoms with Crippen LogP contribution in [0.25, 0.3) is 0 Å². The van der Waals surface area contributed by atoms with E-state index in [-0.39, 0.29) is 30.2 Å². The number of rotatable bonds is 2. The quantitative estimate of drug-likeness (QED) is 0.762. The molecule has 0 bridgehead atoms. The van der Waals surface area contributed by atoms with Gasteiger partial charge in [0.05, 0.1) is 18.1 Å². The molecule has 152 valence electrons. The fraction of sp³-hybridized carbons (Fsp3) is 0.947. The molecule has 1 amide bonds. The molecule has 3 aliphatic heterocycles. The van der Waals surface area contributed by atoms with Gasteiger partial charge in [0.15, 0.2) is 0 Å². The van der Waals surface area contributed by atoms with E-state index in [0.29, 0.717) is 24.0 Å². The summed E-state index contributed by atoms with van der Waals surface area (Å²) < 4.78 is 5.67. The molecule has 4 rings (SSSR count). The molecule has 7 heteroatoms. The maximum atomic E-state index is 13.3. The molecule has 3 atom stereocenters. The molecule has 0 aromatic rings. The van der Waals surface area contributed by atoms with Crippen molar-refractivity contribution in [3.8, 4) is 0 Å². The van der Waals surface area contributed by atoms with Crippen LogP contribution in [0.3, 0.4) is 0 Å². The number of fused-ring (bicyclic) bond motifs is 1. The summed E-state index contributed by atoms with van der Waals surface area (Å²) in [5.41, 5.74) is -0.0709. The van der Waals surface area contributed by atoms with Gasteiger partial charge in [0, 0.05) is 38.8 Å². The van der Waals surface area contributed by atoms with E-state index in [9.17, 15) is 4.79 Å². The summed E-state index contributed by atoms with van der Waals surface area (Å²) in [6.45, 7) is 8.99. The van der Waals surface area contributed by atoms with Crippen LogP contribution in [0.5, 0.6) is 0 Å². The fourth-order valence-corrected chi connectivity index (χ4v) is 5.59. The van der Waals surface area contributed by atoms with Crippen LogP contribution in [0, 0.1) is 11.3 Å². The lowest BCUT2D eigenvalue weighted by molar-refractivity contribution is -0.147. The number of nitrogens with zero attached hydrogens (tertiary/aromatic N) is 2. The normalized spacial score (nSPS) is 36.0. The number of ether oxygens (including phenoxy) is 1. The number of likely N-dealkylation sites (tertiary alicyclic amines) is 1. The Balaban J connectivity index is 0.00000121. The van der Waals surface area contributed by atoms with Crippen molar-refractivity contribution in [3.05, 3.63) is 0 Å². The van der Waals surface area contributed by atoms with E-state index in [2.05, 4.69) is 22.0 Å². The highest BCUT2D eigenvalue weighted by atomic mass is 35.5. The summed E-state index contributed by atoms with van der Waals surface area (Å²) in [5.74, 6) is 1.04. The Morgan fingerprint density at radius 3 is 2.62 bits per heavy atom. The van der Waals surface area contributed by atoms with Crippen LogP contribution in [-0.4, -0.2) is 73.7 Å². The van der Waals surface area contributed by atoms with Gasteiger partial charge in [0.1, 0.15) is 0 Å². The molecule has 1 saturated carbocycles. The number of halogens is 2. The largest absolute Gasteiger partial charge is 0.376 e. The second-order valence-electron chi connectivity index (χ2n) is 8.43. The Morgan fingerprint density at radius 2 is 1.88 bits per heavy atom. The minimum absolute atomic E-state index is 0. The second kappa shape index (κ2) is 9.42. The molecule has 0 spiro atoms. The van der Waals surface area contributed by atoms with Crippen molar-refractivity contribution < 1.29 is 9.53 Å². The van der Waals surface area contributed by atoms with Crippen LogP contribution in [0.2, 0.25) is 0 Å². The predicted molar refractivity (Wildman–Crippen MR) is 108 cm³/mol. The summed E-state index contributed by atoms with van der Waals surface area (Å²) in [6, 6.07) is 0.641. The van der Waals surface area contributed by atoms with Crippen molar-refractivity contribution in [1.29, 1.82) is 0 Å². The highest BCUT2D eigenvalue weighted by Crippen LogP contribution is 2.45. The molecule has 3 heterocycles. The second-order valence-corrected chi connectivity index (χ2v) is 8.43. The number of hydrogen-bond acceptors (Lipinski definition) is 4. The van der Waals surface area contributed by atoms with E-state index < -0.39 is 0 Å². The molecule has 5 nitrogen and oxygen atoms in total. The molecular formula is C19H35Cl2N3O2. The first kappa shape index (κ1) is 22.2. The third kappa shape index (κ3) is 4.17. The molecule has 3 saturated heterocycles. The Morgan fingerprint density at radius 1 is 1.12 bits per heavy atom. The van der Waals surface area contributed by atoms with Crippen molar-refractivity contribution in [2.24, 2.45) is 11.3 Å². The summed E-state index contributed by atoms with van der Waals surface area (Å²) in [4.78, 5) is 18.1. The summed E-state index contributed by atoms with van der Waals surface area (Å²) in [5, 5.41) is 3.52. The molecule has 0 aromatic heterocycles. The van der Waals surface area contributed by atoms with E-state index in [0.717, 1.165) is 65.1 Å². The van der Waals surface area contributed by atoms with Crippen LogP contribution in [0.1, 0.15) is 45.4 Å². The zero-order valence-corrected chi connectivity index (χ0v) is 17.6. The molecule has 4 aliphatic rings. The van der Waals surface area contributed by atoms with Crippen molar-refractivity contribution in [1.82, 2.24) is 15.1 Å². The van der Waals surface area contributed by atoms with Crippen molar-refractivity contribution in [2.45, 2.75) is 57.6 Å². The molecular weight excluding hydrogens is 373 g/mol. The smallest absolute Gasteiger partial charge is 0.230 e. The minimum atomic E-state index is -0.0709. The van der Waals surface area contributed by atoms with Gasteiger partial charge in [-0.2, -0.15) is 0 Å². The summed E-state index contributed by atoms with van der Waals surface area (Å²) in [7, 11) is 0. The van der Waals surface area contributed by atoms with Gasteiger partial charge in [-0.15, -0.1) is 24.8 Å². The van der Waals surface area contributed by atoms with Gasteiger partial charge >= 0.3 is 0 Å². The van der Waals surface area contributed by atoms with Crippen LogP contribution in [0.4, 0.5) is 0 Å². The maximum absolute atomic E-state index is 13.3. The number of carbonyl (C=O) groups is 1. The molecule has 1 unspecified atom stereocenters. The van der Waals surface area contributed by atoms with Crippen molar-refractivity contribution >= 4 is 30.7 Å². The van der Waals surface area contributed by atoms with E-state index in [4.69, 9.17) is 4.74 Å². The number of piperidine rings is 1. The molecule has 0 aromatic carbocycles. The summed E-state index contributed by atoms with van der Waals surface area (Å²) in [6.07, 6.45) is 7.49. The standard InChI is InChI=1S/C19H33N3O2.2ClH/c1-15-13-22(10-11-24-15)17-5-8-21(9-6-17)18(23)19-7-3-2-4-16(19)12-20-14-19;;/h15-17,20H,2-14H2,1H3;2*1H/t15?,16-,19+;;/m0../s1. The zero-order chi connectivity index (χ0) is 16.6. The first-order valence-electron chi connectivity index (χ1n) is 10.0. The zero-order valence-electron chi connectivity index (χ0n) is 16.0. The topological polar surface area (TPSA) is 44.8 Å². The first-order chi connectivity index (χ1) is 11.7. The van der Waals surface area contributed by atoms with Gasteiger partial charge in [-0.25, -0.2) is 0 Å². The van der Waals surface area contributed by atoms with Crippen LogP contribution >= 0.6 is 24.8 Å². The fourth-order valence-electron chi connectivity index (χ4n) is 5.59.